The van der Waals surface area contributed by atoms with E-state index in [1.165, 1.54) is 11.1 Å². The van der Waals surface area contributed by atoms with E-state index in [-0.39, 0.29) is 11.3 Å². The van der Waals surface area contributed by atoms with E-state index in [2.05, 4.69) is 33.0 Å². The second kappa shape index (κ2) is 7.52. The Bertz CT molecular complexity index is 666. The van der Waals surface area contributed by atoms with Crippen molar-refractivity contribution in [2.45, 2.75) is 52.6 Å². The molecule has 0 saturated heterocycles. The molecule has 1 atom stereocenters. The first kappa shape index (κ1) is 18.1. The van der Waals surface area contributed by atoms with Gasteiger partial charge >= 0.3 is 0 Å². The van der Waals surface area contributed by atoms with Crippen LogP contribution in [-0.2, 0) is 16.6 Å². The van der Waals surface area contributed by atoms with Crippen molar-refractivity contribution in [3.05, 3.63) is 59.7 Å². The minimum atomic E-state index is -0.559. The Morgan fingerprint density at radius 3 is 2.12 bits per heavy atom. The van der Waals surface area contributed by atoms with Gasteiger partial charge in [0.2, 0.25) is 0 Å². The van der Waals surface area contributed by atoms with Crippen molar-refractivity contribution in [1.82, 2.24) is 0 Å². The van der Waals surface area contributed by atoms with Gasteiger partial charge in [0.05, 0.1) is 0 Å². The van der Waals surface area contributed by atoms with Gasteiger partial charge in [-0.3, -0.25) is 4.79 Å². The summed E-state index contributed by atoms with van der Waals surface area (Å²) >= 11 is 0. The third kappa shape index (κ3) is 4.85. The van der Waals surface area contributed by atoms with E-state index in [0.717, 1.165) is 12.1 Å². The van der Waals surface area contributed by atoms with Crippen molar-refractivity contribution in [2.24, 2.45) is 0 Å². The van der Waals surface area contributed by atoms with Crippen LogP contribution in [0.3, 0.4) is 0 Å². The molecule has 0 fully saturated rings. The van der Waals surface area contributed by atoms with Gasteiger partial charge < -0.3 is 10.1 Å². The van der Waals surface area contributed by atoms with Crippen LogP contribution in [0, 0.1) is 0 Å². The topological polar surface area (TPSA) is 38.3 Å². The molecule has 2 aromatic carbocycles. The van der Waals surface area contributed by atoms with E-state index in [9.17, 15) is 4.79 Å². The highest BCUT2D eigenvalue weighted by Gasteiger charge is 2.16. The predicted molar refractivity (Wildman–Crippen MR) is 99.7 cm³/mol. The summed E-state index contributed by atoms with van der Waals surface area (Å²) in [6.45, 7) is 10.4. The molecule has 0 aromatic heterocycles. The second-order valence-electron chi connectivity index (χ2n) is 7.07. The van der Waals surface area contributed by atoms with Gasteiger partial charge in [-0.25, -0.2) is 0 Å². The summed E-state index contributed by atoms with van der Waals surface area (Å²) in [7, 11) is 0. The number of benzene rings is 2. The summed E-state index contributed by atoms with van der Waals surface area (Å²) in [5.41, 5.74) is 3.38. The standard InChI is InChI=1S/C21H27NO2/c1-6-16-7-11-18(12-8-16)22-20(23)15(2)24-19-13-9-17(10-14-19)21(3,4)5/h7-15H,6H2,1-5H3,(H,22,23)/t15-/m0/s1. The zero-order valence-corrected chi connectivity index (χ0v) is 15.2. The minimum absolute atomic E-state index is 0.103. The minimum Gasteiger partial charge on any atom is -0.481 e. The highest BCUT2D eigenvalue weighted by Crippen LogP contribution is 2.24. The van der Waals surface area contributed by atoms with Crippen molar-refractivity contribution < 1.29 is 9.53 Å². The Kier molecular flexibility index (Phi) is 5.66. The van der Waals surface area contributed by atoms with Crippen LogP contribution in [0.1, 0.15) is 45.7 Å². The summed E-state index contributed by atoms with van der Waals surface area (Å²) in [5, 5.41) is 2.88. The molecule has 2 rings (SSSR count). The Labute approximate surface area is 145 Å². The number of aryl methyl sites for hydroxylation is 1. The molecule has 0 aliphatic heterocycles. The van der Waals surface area contributed by atoms with E-state index in [4.69, 9.17) is 4.74 Å². The van der Waals surface area contributed by atoms with Crippen molar-refractivity contribution in [1.29, 1.82) is 0 Å². The fraction of sp³-hybridized carbons (Fsp3) is 0.381. The molecular formula is C21H27NO2. The van der Waals surface area contributed by atoms with Crippen LogP contribution in [0.2, 0.25) is 0 Å². The van der Waals surface area contributed by atoms with Crippen LogP contribution in [-0.4, -0.2) is 12.0 Å². The maximum absolute atomic E-state index is 12.3. The molecule has 0 radical (unpaired) electrons. The van der Waals surface area contributed by atoms with Gasteiger partial charge in [0, 0.05) is 5.69 Å². The molecular weight excluding hydrogens is 298 g/mol. The third-order valence-electron chi connectivity index (χ3n) is 4.03. The van der Waals surface area contributed by atoms with E-state index in [0.29, 0.717) is 5.75 Å². The van der Waals surface area contributed by atoms with Crippen LogP contribution >= 0.6 is 0 Å². The van der Waals surface area contributed by atoms with Crippen LogP contribution < -0.4 is 10.1 Å². The van der Waals surface area contributed by atoms with Crippen LogP contribution in [0.15, 0.2) is 48.5 Å². The van der Waals surface area contributed by atoms with Crippen molar-refractivity contribution in [3.8, 4) is 5.75 Å². The van der Waals surface area contributed by atoms with Gasteiger partial charge in [0.25, 0.3) is 5.91 Å². The molecule has 0 unspecified atom stereocenters. The molecule has 128 valence electrons. The molecule has 3 heteroatoms. The molecule has 3 nitrogen and oxygen atoms in total. The van der Waals surface area contributed by atoms with Crippen LogP contribution in [0.25, 0.3) is 0 Å². The van der Waals surface area contributed by atoms with E-state index >= 15 is 0 Å². The number of rotatable bonds is 5. The molecule has 0 spiro atoms. The summed E-state index contributed by atoms with van der Waals surface area (Å²) in [4.78, 5) is 12.3. The van der Waals surface area contributed by atoms with Gasteiger partial charge in [-0.15, -0.1) is 0 Å². The number of hydrogen-bond acceptors (Lipinski definition) is 2. The highest BCUT2D eigenvalue weighted by atomic mass is 16.5. The van der Waals surface area contributed by atoms with Gasteiger partial charge in [-0.2, -0.15) is 0 Å². The highest BCUT2D eigenvalue weighted by molar-refractivity contribution is 5.94. The van der Waals surface area contributed by atoms with E-state index in [1.54, 1.807) is 6.92 Å². The number of nitrogens with one attached hydrogen (secondary N) is 1. The molecule has 2 aromatic rings. The maximum atomic E-state index is 12.3. The first-order valence-electron chi connectivity index (χ1n) is 8.46. The zero-order chi connectivity index (χ0) is 17.7. The smallest absolute Gasteiger partial charge is 0.265 e. The van der Waals surface area contributed by atoms with Gasteiger partial charge in [0.1, 0.15) is 5.75 Å². The zero-order valence-electron chi connectivity index (χ0n) is 15.2. The van der Waals surface area contributed by atoms with E-state index in [1.807, 2.05) is 48.5 Å². The lowest BCUT2D eigenvalue weighted by Crippen LogP contribution is -2.30. The average molecular weight is 325 g/mol. The predicted octanol–water partition coefficient (Wildman–Crippen LogP) is 4.95. The average Bonchev–Trinajstić information content (AvgIpc) is 2.55. The van der Waals surface area contributed by atoms with E-state index < -0.39 is 6.10 Å². The number of carbonyl (C=O) groups is 1. The number of carbonyl (C=O) groups excluding carboxylic acids is 1. The molecule has 0 bridgehead atoms. The first-order valence-corrected chi connectivity index (χ1v) is 8.46. The van der Waals surface area contributed by atoms with Crippen LogP contribution in [0.5, 0.6) is 5.75 Å². The quantitative estimate of drug-likeness (QED) is 0.844. The second-order valence-corrected chi connectivity index (χ2v) is 7.07. The van der Waals surface area contributed by atoms with Gasteiger partial charge in [-0.1, -0.05) is 52.0 Å². The lowest BCUT2D eigenvalue weighted by molar-refractivity contribution is -0.122. The summed E-state index contributed by atoms with van der Waals surface area (Å²) < 4.78 is 5.75. The number of hydrogen-bond donors (Lipinski definition) is 1. The number of anilines is 1. The molecule has 1 amide bonds. The largest absolute Gasteiger partial charge is 0.481 e. The van der Waals surface area contributed by atoms with Gasteiger partial charge in [0.15, 0.2) is 6.10 Å². The Morgan fingerprint density at radius 1 is 1.04 bits per heavy atom. The molecule has 0 aliphatic carbocycles. The van der Waals surface area contributed by atoms with Crippen molar-refractivity contribution in [3.63, 3.8) is 0 Å². The fourth-order valence-corrected chi connectivity index (χ4v) is 2.36. The molecule has 1 N–H and O–H groups in total. The third-order valence-corrected chi connectivity index (χ3v) is 4.03. The first-order chi connectivity index (χ1) is 11.3. The Hall–Kier alpha value is -2.29. The Morgan fingerprint density at radius 2 is 1.62 bits per heavy atom. The lowest BCUT2D eigenvalue weighted by Gasteiger charge is -2.20. The molecule has 24 heavy (non-hydrogen) atoms. The fourth-order valence-electron chi connectivity index (χ4n) is 2.36. The molecule has 0 heterocycles. The Balaban J connectivity index is 1.95. The van der Waals surface area contributed by atoms with Crippen LogP contribution in [0.4, 0.5) is 5.69 Å². The number of ether oxygens (including phenoxy) is 1. The maximum Gasteiger partial charge on any atom is 0.265 e. The normalized spacial score (nSPS) is 12.5. The molecule has 0 saturated carbocycles. The van der Waals surface area contributed by atoms with Gasteiger partial charge in [-0.05, 0) is 54.2 Å². The SMILES string of the molecule is CCc1ccc(NC(=O)[C@H](C)Oc2ccc(C(C)(C)C)cc2)cc1. The summed E-state index contributed by atoms with van der Waals surface area (Å²) in [6, 6.07) is 15.8. The van der Waals surface area contributed by atoms with Crippen molar-refractivity contribution >= 4 is 11.6 Å². The summed E-state index contributed by atoms with van der Waals surface area (Å²) in [5.74, 6) is 0.547. The lowest BCUT2D eigenvalue weighted by atomic mass is 9.87. The molecule has 0 aliphatic rings. The van der Waals surface area contributed by atoms with Crippen molar-refractivity contribution in [2.75, 3.05) is 5.32 Å². The number of amides is 1. The monoisotopic (exact) mass is 325 g/mol. The summed E-state index contributed by atoms with van der Waals surface area (Å²) in [6.07, 6.45) is 0.425.